The Bertz CT molecular complexity index is 922. The van der Waals surface area contributed by atoms with Gasteiger partial charge >= 0.3 is 0 Å². The van der Waals surface area contributed by atoms with Gasteiger partial charge in [0.25, 0.3) is 0 Å². The zero-order valence-electron chi connectivity index (χ0n) is 20.4. The smallest absolute Gasteiger partial charge is 0.234 e. The highest BCUT2D eigenvalue weighted by Crippen LogP contribution is 2.32. The predicted octanol–water partition coefficient (Wildman–Crippen LogP) is 4.23. The molecule has 0 radical (unpaired) electrons. The van der Waals surface area contributed by atoms with Gasteiger partial charge in [0.2, 0.25) is 11.8 Å². The third kappa shape index (κ3) is 6.93. The van der Waals surface area contributed by atoms with Crippen LogP contribution in [0.3, 0.4) is 0 Å². The van der Waals surface area contributed by atoms with E-state index in [2.05, 4.69) is 27.0 Å². The summed E-state index contributed by atoms with van der Waals surface area (Å²) in [6.45, 7) is 7.64. The zero-order valence-corrected chi connectivity index (χ0v) is 20.4. The molecule has 184 valence electrons. The highest BCUT2D eigenvalue weighted by Gasteiger charge is 2.24. The maximum Gasteiger partial charge on any atom is 0.234 e. The van der Waals surface area contributed by atoms with Gasteiger partial charge in [0.15, 0.2) is 11.5 Å². The highest BCUT2D eigenvalue weighted by molar-refractivity contribution is 5.78. The Balaban J connectivity index is 1.44. The third-order valence-electron chi connectivity index (χ3n) is 6.73. The number of benzene rings is 1. The van der Waals surface area contributed by atoms with E-state index in [0.717, 1.165) is 63.2 Å². The number of fused-ring (bicyclic) bond motifs is 2. The molecule has 1 aromatic carbocycles. The van der Waals surface area contributed by atoms with E-state index in [4.69, 9.17) is 9.47 Å². The van der Waals surface area contributed by atoms with Crippen LogP contribution in [-0.4, -0.2) is 66.1 Å². The number of carbonyl (C=O) groups is 1. The van der Waals surface area contributed by atoms with Crippen LogP contribution >= 0.6 is 0 Å². The Morgan fingerprint density at radius 2 is 1.91 bits per heavy atom. The number of likely N-dealkylation sites (N-methyl/N-ethyl adjacent to an activating group) is 1. The van der Waals surface area contributed by atoms with Crippen LogP contribution in [-0.2, 0) is 11.3 Å². The Morgan fingerprint density at radius 1 is 1.06 bits per heavy atom. The fourth-order valence-corrected chi connectivity index (χ4v) is 4.86. The number of pyridine rings is 1. The van der Waals surface area contributed by atoms with Crippen molar-refractivity contribution in [2.45, 2.75) is 58.0 Å². The molecule has 4 rings (SSSR count). The summed E-state index contributed by atoms with van der Waals surface area (Å²) in [5.74, 6) is 2.06. The molecule has 3 heterocycles. The number of hydrogen-bond acceptors (Lipinski definition) is 6. The van der Waals surface area contributed by atoms with Crippen LogP contribution in [0.15, 0.2) is 42.6 Å². The minimum absolute atomic E-state index is 0.0918. The lowest BCUT2D eigenvalue weighted by atomic mass is 10.1. The van der Waals surface area contributed by atoms with E-state index in [9.17, 15) is 4.79 Å². The van der Waals surface area contributed by atoms with Crippen molar-refractivity contribution >= 4 is 5.91 Å². The number of nitrogens with zero attached hydrogens (tertiary/aromatic N) is 3. The molecule has 2 aliphatic heterocycles. The third-order valence-corrected chi connectivity index (χ3v) is 6.73. The quantitative estimate of drug-likeness (QED) is 0.711. The summed E-state index contributed by atoms with van der Waals surface area (Å²) in [6, 6.07) is 12.2. The van der Waals surface area contributed by atoms with Crippen LogP contribution in [0.4, 0.5) is 0 Å². The monoisotopic (exact) mass is 466 g/mol. The van der Waals surface area contributed by atoms with Gasteiger partial charge in [0.05, 0.1) is 13.2 Å². The van der Waals surface area contributed by atoms with E-state index >= 15 is 0 Å². The maximum absolute atomic E-state index is 12.9. The molecule has 7 heteroatoms. The molecule has 1 unspecified atom stereocenters. The average molecular weight is 467 g/mol. The Labute approximate surface area is 203 Å². The lowest BCUT2D eigenvalue weighted by Gasteiger charge is -2.25. The number of hydrogen-bond donors (Lipinski definition) is 1. The topological polar surface area (TPSA) is 66.9 Å². The maximum atomic E-state index is 12.9. The van der Waals surface area contributed by atoms with Gasteiger partial charge in [-0.1, -0.05) is 38.0 Å². The normalized spacial score (nSPS) is 20.3. The van der Waals surface area contributed by atoms with Crippen molar-refractivity contribution in [1.82, 2.24) is 20.1 Å². The van der Waals surface area contributed by atoms with Gasteiger partial charge in [-0.25, -0.2) is 4.98 Å². The van der Waals surface area contributed by atoms with Crippen molar-refractivity contribution in [3.8, 4) is 17.4 Å². The minimum Gasteiger partial charge on any atom is -0.490 e. The molecule has 1 N–H and O–H groups in total. The first kappa shape index (κ1) is 24.5. The SMILES string of the molecule is CCN1CCCC1CNC(=O)CN1CCCCCCOc2ccccc2Oc2ncccc2C1. The first-order valence-electron chi connectivity index (χ1n) is 12.8. The van der Waals surface area contributed by atoms with E-state index in [0.29, 0.717) is 37.4 Å². The summed E-state index contributed by atoms with van der Waals surface area (Å²) < 4.78 is 12.2. The van der Waals surface area contributed by atoms with Gasteiger partial charge in [-0.3, -0.25) is 14.6 Å². The standard InChI is InChI=1S/C27H38N4O3/c1-2-31-17-10-12-23(31)19-29-26(32)21-30-16-7-3-4-8-18-33-24-13-5-6-14-25(24)34-27-22(20-30)11-9-15-28-27/h5-6,9,11,13-15,23H,2-4,7-8,10,12,16-21H2,1H3,(H,29,32). The van der Waals surface area contributed by atoms with E-state index in [1.165, 1.54) is 12.8 Å². The molecule has 0 spiro atoms. The van der Waals surface area contributed by atoms with Crippen molar-refractivity contribution in [2.24, 2.45) is 0 Å². The van der Waals surface area contributed by atoms with E-state index in [1.807, 2.05) is 36.4 Å². The molecule has 7 nitrogen and oxygen atoms in total. The van der Waals surface area contributed by atoms with E-state index in [1.54, 1.807) is 6.20 Å². The van der Waals surface area contributed by atoms with Crippen molar-refractivity contribution in [1.29, 1.82) is 0 Å². The Hall–Kier alpha value is -2.64. The van der Waals surface area contributed by atoms with Gasteiger partial charge in [0.1, 0.15) is 0 Å². The van der Waals surface area contributed by atoms with Gasteiger partial charge in [0, 0.05) is 30.9 Å². The van der Waals surface area contributed by atoms with Crippen LogP contribution < -0.4 is 14.8 Å². The Kier molecular flexibility index (Phi) is 9.16. The molecule has 0 saturated carbocycles. The van der Waals surface area contributed by atoms with Gasteiger partial charge in [-0.2, -0.15) is 0 Å². The lowest BCUT2D eigenvalue weighted by Crippen LogP contribution is -2.43. The van der Waals surface area contributed by atoms with Crippen molar-refractivity contribution in [3.63, 3.8) is 0 Å². The fourth-order valence-electron chi connectivity index (χ4n) is 4.86. The zero-order chi connectivity index (χ0) is 23.6. The average Bonchev–Trinajstić information content (AvgIpc) is 3.31. The summed E-state index contributed by atoms with van der Waals surface area (Å²) >= 11 is 0. The second kappa shape index (κ2) is 12.7. The molecule has 1 atom stereocenters. The number of rotatable bonds is 5. The molecule has 1 saturated heterocycles. The Morgan fingerprint density at radius 3 is 2.79 bits per heavy atom. The number of likely N-dealkylation sites (tertiary alicyclic amines) is 1. The lowest BCUT2D eigenvalue weighted by molar-refractivity contribution is -0.122. The van der Waals surface area contributed by atoms with Crippen LogP contribution in [0.1, 0.15) is 51.0 Å². The van der Waals surface area contributed by atoms with Crippen LogP contribution in [0.25, 0.3) is 0 Å². The van der Waals surface area contributed by atoms with Gasteiger partial charge in [-0.05, 0) is 63.5 Å². The first-order chi connectivity index (χ1) is 16.7. The molecule has 34 heavy (non-hydrogen) atoms. The molecule has 1 fully saturated rings. The minimum atomic E-state index is 0.0918. The fraction of sp³-hybridized carbons (Fsp3) is 0.556. The molecule has 1 amide bonds. The summed E-state index contributed by atoms with van der Waals surface area (Å²) in [6.07, 6.45) is 8.40. The largest absolute Gasteiger partial charge is 0.490 e. The highest BCUT2D eigenvalue weighted by atomic mass is 16.5. The number of amides is 1. The number of aromatic nitrogens is 1. The van der Waals surface area contributed by atoms with Crippen LogP contribution in [0.2, 0.25) is 0 Å². The second-order valence-electron chi connectivity index (χ2n) is 9.22. The van der Waals surface area contributed by atoms with E-state index < -0.39 is 0 Å². The number of nitrogens with one attached hydrogen (secondary N) is 1. The molecular formula is C27H38N4O3. The summed E-state index contributed by atoms with van der Waals surface area (Å²) in [5.41, 5.74) is 0.968. The first-order valence-corrected chi connectivity index (χ1v) is 12.8. The van der Waals surface area contributed by atoms with Crippen LogP contribution in [0, 0.1) is 0 Å². The molecule has 0 bridgehead atoms. The molecule has 1 aromatic heterocycles. The summed E-state index contributed by atoms with van der Waals surface area (Å²) in [7, 11) is 0. The molecular weight excluding hydrogens is 428 g/mol. The number of carbonyl (C=O) groups excluding carboxylic acids is 1. The molecule has 0 aliphatic carbocycles. The summed E-state index contributed by atoms with van der Waals surface area (Å²) in [5, 5.41) is 3.19. The van der Waals surface area contributed by atoms with Gasteiger partial charge < -0.3 is 14.8 Å². The van der Waals surface area contributed by atoms with Crippen molar-refractivity contribution in [3.05, 3.63) is 48.2 Å². The van der Waals surface area contributed by atoms with Crippen LogP contribution in [0.5, 0.6) is 17.4 Å². The molecule has 2 aromatic rings. The summed E-state index contributed by atoms with van der Waals surface area (Å²) in [4.78, 5) is 22.1. The van der Waals surface area contributed by atoms with Gasteiger partial charge in [-0.15, -0.1) is 0 Å². The number of para-hydroxylation sites is 2. The second-order valence-corrected chi connectivity index (χ2v) is 9.22. The van der Waals surface area contributed by atoms with E-state index in [-0.39, 0.29) is 5.91 Å². The number of ether oxygens (including phenoxy) is 2. The predicted molar refractivity (Wildman–Crippen MR) is 133 cm³/mol. The van der Waals surface area contributed by atoms with Crippen molar-refractivity contribution < 1.29 is 14.3 Å². The molecule has 2 aliphatic rings. The van der Waals surface area contributed by atoms with Crippen molar-refractivity contribution in [2.75, 3.05) is 39.3 Å².